The van der Waals surface area contributed by atoms with Gasteiger partial charge in [0.25, 0.3) is 0 Å². The predicted molar refractivity (Wildman–Crippen MR) is 86.8 cm³/mol. The Morgan fingerprint density at radius 2 is 1.95 bits per heavy atom. The van der Waals surface area contributed by atoms with Crippen LogP contribution in [0.3, 0.4) is 0 Å². The summed E-state index contributed by atoms with van der Waals surface area (Å²) in [5.41, 5.74) is 9.53. The summed E-state index contributed by atoms with van der Waals surface area (Å²) >= 11 is 0. The van der Waals surface area contributed by atoms with Crippen molar-refractivity contribution in [3.8, 4) is 0 Å². The van der Waals surface area contributed by atoms with Crippen molar-refractivity contribution in [3.63, 3.8) is 0 Å². The smallest absolute Gasteiger partial charge is 0.152 e. The molecule has 5 heteroatoms. The molecule has 0 bridgehead atoms. The maximum atomic E-state index is 6.17. The molecule has 3 N–H and O–H groups in total. The Labute approximate surface area is 123 Å². The van der Waals surface area contributed by atoms with Gasteiger partial charge in [-0.25, -0.2) is 4.68 Å². The molecule has 0 fully saturated rings. The van der Waals surface area contributed by atoms with Gasteiger partial charge in [0.1, 0.15) is 0 Å². The van der Waals surface area contributed by atoms with E-state index in [4.69, 9.17) is 5.73 Å². The molecule has 0 aliphatic carbocycles. The number of rotatable bonds is 3. The average Bonchev–Trinajstić information content (AvgIpc) is 2.76. The molecule has 0 spiro atoms. The van der Waals surface area contributed by atoms with Gasteiger partial charge in [-0.2, -0.15) is 5.10 Å². The number of fused-ring (bicyclic) bond motifs is 1. The van der Waals surface area contributed by atoms with Crippen LogP contribution in [0.5, 0.6) is 0 Å². The van der Waals surface area contributed by atoms with Crippen molar-refractivity contribution in [2.24, 2.45) is 0 Å². The van der Waals surface area contributed by atoms with Crippen molar-refractivity contribution < 1.29 is 0 Å². The fraction of sp³-hybridized carbons (Fsp3) is 0.250. The van der Waals surface area contributed by atoms with E-state index in [2.05, 4.69) is 29.2 Å². The molecule has 0 aliphatic heterocycles. The second-order valence-corrected chi connectivity index (χ2v) is 5.39. The molecule has 0 radical (unpaired) electrons. The van der Waals surface area contributed by atoms with Crippen LogP contribution < -0.4 is 11.1 Å². The van der Waals surface area contributed by atoms with Gasteiger partial charge in [-0.3, -0.25) is 4.98 Å². The highest BCUT2D eigenvalue weighted by atomic mass is 15.4. The van der Waals surface area contributed by atoms with Crippen LogP contribution >= 0.6 is 0 Å². The summed E-state index contributed by atoms with van der Waals surface area (Å²) in [5.74, 6) is 0.820. The van der Waals surface area contributed by atoms with Crippen LogP contribution in [0.4, 0.5) is 17.2 Å². The molecule has 5 nitrogen and oxygen atoms in total. The van der Waals surface area contributed by atoms with Crippen LogP contribution in [0.15, 0.2) is 36.5 Å². The molecule has 0 saturated carbocycles. The van der Waals surface area contributed by atoms with Crippen molar-refractivity contribution in [2.45, 2.75) is 26.8 Å². The number of anilines is 3. The number of para-hydroxylation sites is 1. The third-order valence-electron chi connectivity index (χ3n) is 3.51. The molecule has 3 aromatic rings. The molecule has 3 rings (SSSR count). The zero-order chi connectivity index (χ0) is 15.0. The number of nitrogen functional groups attached to an aromatic ring is 1. The Morgan fingerprint density at radius 1 is 1.19 bits per heavy atom. The summed E-state index contributed by atoms with van der Waals surface area (Å²) in [5, 5.41) is 8.98. The lowest BCUT2D eigenvalue weighted by Crippen LogP contribution is -2.08. The standard InChI is InChI=1S/C16H19N5/c1-10(2)21-16(14(17)11(3)20-21)19-13-8-4-6-12-7-5-9-18-15(12)13/h4-10,19H,17H2,1-3H3. The summed E-state index contributed by atoms with van der Waals surface area (Å²) in [6.07, 6.45) is 1.79. The van der Waals surface area contributed by atoms with Crippen LogP contribution in [0.2, 0.25) is 0 Å². The molecule has 0 saturated heterocycles. The third-order valence-corrected chi connectivity index (χ3v) is 3.51. The van der Waals surface area contributed by atoms with Gasteiger partial charge in [0, 0.05) is 17.6 Å². The lowest BCUT2D eigenvalue weighted by atomic mass is 10.2. The normalized spacial score (nSPS) is 11.2. The van der Waals surface area contributed by atoms with Gasteiger partial charge in [0.2, 0.25) is 0 Å². The van der Waals surface area contributed by atoms with Crippen molar-refractivity contribution in [3.05, 3.63) is 42.2 Å². The van der Waals surface area contributed by atoms with E-state index >= 15 is 0 Å². The fourth-order valence-electron chi connectivity index (χ4n) is 2.39. The number of pyridine rings is 1. The van der Waals surface area contributed by atoms with Gasteiger partial charge in [-0.1, -0.05) is 18.2 Å². The number of benzene rings is 1. The van der Waals surface area contributed by atoms with E-state index in [-0.39, 0.29) is 6.04 Å². The third kappa shape index (κ3) is 2.31. The summed E-state index contributed by atoms with van der Waals surface area (Å²) in [4.78, 5) is 4.46. The summed E-state index contributed by atoms with van der Waals surface area (Å²) in [7, 11) is 0. The van der Waals surface area contributed by atoms with Crippen molar-refractivity contribution in [1.29, 1.82) is 0 Å². The first-order valence-electron chi connectivity index (χ1n) is 7.03. The minimum atomic E-state index is 0.228. The molecule has 0 amide bonds. The molecule has 108 valence electrons. The SMILES string of the molecule is Cc1nn(C(C)C)c(Nc2cccc3cccnc23)c1N. The van der Waals surface area contributed by atoms with E-state index in [0.29, 0.717) is 5.69 Å². The molecular formula is C16H19N5. The lowest BCUT2D eigenvalue weighted by Gasteiger charge is -2.14. The van der Waals surface area contributed by atoms with Crippen LogP contribution in [0.1, 0.15) is 25.6 Å². The number of nitrogens with two attached hydrogens (primary N) is 1. The van der Waals surface area contributed by atoms with Gasteiger partial charge in [-0.15, -0.1) is 0 Å². The van der Waals surface area contributed by atoms with Crippen LogP contribution in [0.25, 0.3) is 10.9 Å². The number of hydrogen-bond donors (Lipinski definition) is 2. The Morgan fingerprint density at radius 3 is 2.71 bits per heavy atom. The average molecular weight is 281 g/mol. The molecular weight excluding hydrogens is 262 g/mol. The highest BCUT2D eigenvalue weighted by Gasteiger charge is 2.15. The maximum Gasteiger partial charge on any atom is 0.152 e. The summed E-state index contributed by atoms with van der Waals surface area (Å²) in [6, 6.07) is 10.3. The van der Waals surface area contributed by atoms with Gasteiger partial charge < -0.3 is 11.1 Å². The monoisotopic (exact) mass is 281 g/mol. The summed E-state index contributed by atoms with van der Waals surface area (Å²) < 4.78 is 1.91. The van der Waals surface area contributed by atoms with Crippen LogP contribution in [0, 0.1) is 6.92 Å². The minimum absolute atomic E-state index is 0.228. The van der Waals surface area contributed by atoms with Crippen LogP contribution in [-0.4, -0.2) is 14.8 Å². The first kappa shape index (κ1) is 13.4. The summed E-state index contributed by atoms with van der Waals surface area (Å²) in [6.45, 7) is 6.08. The van der Waals surface area contributed by atoms with Crippen molar-refractivity contribution >= 4 is 28.1 Å². The molecule has 2 heterocycles. The fourth-order valence-corrected chi connectivity index (χ4v) is 2.39. The Hall–Kier alpha value is -2.56. The number of nitrogens with zero attached hydrogens (tertiary/aromatic N) is 3. The van der Waals surface area contributed by atoms with Crippen molar-refractivity contribution in [2.75, 3.05) is 11.1 Å². The van der Waals surface area contributed by atoms with Gasteiger partial charge in [0.15, 0.2) is 5.82 Å². The second-order valence-electron chi connectivity index (χ2n) is 5.39. The molecule has 1 aromatic carbocycles. The topological polar surface area (TPSA) is 68.8 Å². The second kappa shape index (κ2) is 5.09. The largest absolute Gasteiger partial charge is 0.394 e. The van der Waals surface area contributed by atoms with E-state index in [1.807, 2.05) is 41.9 Å². The zero-order valence-electron chi connectivity index (χ0n) is 12.5. The van der Waals surface area contributed by atoms with Gasteiger partial charge in [-0.05, 0) is 32.9 Å². The van der Waals surface area contributed by atoms with Crippen molar-refractivity contribution in [1.82, 2.24) is 14.8 Å². The number of hydrogen-bond acceptors (Lipinski definition) is 4. The minimum Gasteiger partial charge on any atom is -0.394 e. The van der Waals surface area contributed by atoms with Gasteiger partial charge >= 0.3 is 0 Å². The van der Waals surface area contributed by atoms with E-state index in [1.54, 1.807) is 6.20 Å². The first-order chi connectivity index (χ1) is 10.1. The highest BCUT2D eigenvalue weighted by Crippen LogP contribution is 2.31. The predicted octanol–water partition coefficient (Wildman–Crippen LogP) is 3.65. The molecule has 0 unspecified atom stereocenters. The molecule has 21 heavy (non-hydrogen) atoms. The lowest BCUT2D eigenvalue weighted by molar-refractivity contribution is 0.536. The number of aromatic nitrogens is 3. The Bertz CT molecular complexity index is 783. The van der Waals surface area contributed by atoms with E-state index in [1.165, 1.54) is 0 Å². The Kier molecular flexibility index (Phi) is 3.25. The Balaban J connectivity index is 2.11. The quantitative estimate of drug-likeness (QED) is 0.769. The van der Waals surface area contributed by atoms with E-state index < -0.39 is 0 Å². The molecule has 2 aromatic heterocycles. The molecule has 0 aliphatic rings. The van der Waals surface area contributed by atoms with E-state index in [9.17, 15) is 0 Å². The highest BCUT2D eigenvalue weighted by molar-refractivity contribution is 5.92. The number of nitrogens with one attached hydrogen (secondary N) is 1. The zero-order valence-corrected chi connectivity index (χ0v) is 12.5. The first-order valence-corrected chi connectivity index (χ1v) is 7.03. The van der Waals surface area contributed by atoms with Crippen LogP contribution in [-0.2, 0) is 0 Å². The molecule has 0 atom stereocenters. The van der Waals surface area contributed by atoms with Gasteiger partial charge in [0.05, 0.1) is 22.6 Å². The van der Waals surface area contributed by atoms with E-state index in [0.717, 1.165) is 28.1 Å². The number of aryl methyl sites for hydroxylation is 1. The maximum absolute atomic E-state index is 6.17.